The van der Waals surface area contributed by atoms with Gasteiger partial charge in [-0.25, -0.2) is 0 Å². The summed E-state index contributed by atoms with van der Waals surface area (Å²) < 4.78 is 5.51. The van der Waals surface area contributed by atoms with Crippen molar-refractivity contribution in [2.45, 2.75) is 39.0 Å². The molecule has 4 N–H and O–H groups in total. The molecule has 0 saturated carbocycles. The molecule has 0 aliphatic rings. The zero-order chi connectivity index (χ0) is 14.4. The van der Waals surface area contributed by atoms with E-state index in [1.807, 2.05) is 13.8 Å². The third-order valence-corrected chi connectivity index (χ3v) is 2.52. The molecule has 0 spiro atoms. The van der Waals surface area contributed by atoms with Gasteiger partial charge in [0, 0.05) is 6.54 Å². The number of carbonyl (C=O) groups is 1. The minimum atomic E-state index is -0.754. The van der Waals surface area contributed by atoms with Gasteiger partial charge in [-0.15, -0.1) is 0 Å². The Bertz CT molecular complexity index is 402. The van der Waals surface area contributed by atoms with Crippen LogP contribution in [0.5, 0.6) is 5.75 Å². The fourth-order valence-electron chi connectivity index (χ4n) is 1.52. The molecule has 1 unspecified atom stereocenters. The Kier molecular flexibility index (Phi) is 5.79. The molecule has 0 saturated heterocycles. The topological polar surface area (TPSA) is 84.6 Å². The summed E-state index contributed by atoms with van der Waals surface area (Å²) >= 11 is 0. The van der Waals surface area contributed by atoms with Crippen LogP contribution >= 0.6 is 0 Å². The van der Waals surface area contributed by atoms with E-state index in [1.54, 1.807) is 31.2 Å². The maximum absolute atomic E-state index is 11.3. The number of nitrogens with one attached hydrogen (secondary N) is 1. The SMILES string of the molecule is CC(C)Oc1ccc(C(O)CNC(=O)[C@H](C)N)cc1. The number of nitrogens with two attached hydrogens (primary N) is 1. The number of benzene rings is 1. The minimum absolute atomic E-state index is 0.112. The van der Waals surface area contributed by atoms with Crippen LogP contribution in [-0.4, -0.2) is 29.7 Å². The first-order valence-electron chi connectivity index (χ1n) is 6.38. The number of rotatable bonds is 6. The van der Waals surface area contributed by atoms with E-state index in [4.69, 9.17) is 10.5 Å². The molecule has 19 heavy (non-hydrogen) atoms. The number of carbonyl (C=O) groups excluding carboxylic acids is 1. The molecule has 0 aliphatic carbocycles. The van der Waals surface area contributed by atoms with Crippen LogP contribution in [0.15, 0.2) is 24.3 Å². The molecular weight excluding hydrogens is 244 g/mol. The first kappa shape index (κ1) is 15.5. The van der Waals surface area contributed by atoms with Crippen molar-refractivity contribution in [3.63, 3.8) is 0 Å². The molecule has 0 radical (unpaired) electrons. The van der Waals surface area contributed by atoms with Gasteiger partial charge in [-0.3, -0.25) is 4.79 Å². The van der Waals surface area contributed by atoms with Crippen molar-refractivity contribution < 1.29 is 14.6 Å². The fraction of sp³-hybridized carbons (Fsp3) is 0.500. The average molecular weight is 266 g/mol. The Hall–Kier alpha value is -1.59. The number of hydrogen-bond donors (Lipinski definition) is 3. The van der Waals surface area contributed by atoms with Gasteiger partial charge < -0.3 is 20.9 Å². The normalized spacial score (nSPS) is 14.0. The van der Waals surface area contributed by atoms with E-state index in [1.165, 1.54) is 0 Å². The van der Waals surface area contributed by atoms with Crippen LogP contribution in [0.3, 0.4) is 0 Å². The third-order valence-electron chi connectivity index (χ3n) is 2.52. The Morgan fingerprint density at radius 3 is 2.37 bits per heavy atom. The predicted octanol–water partition coefficient (Wildman–Crippen LogP) is 0.971. The lowest BCUT2D eigenvalue weighted by atomic mass is 10.1. The van der Waals surface area contributed by atoms with Crippen LogP contribution in [0, 0.1) is 0 Å². The Balaban J connectivity index is 2.53. The summed E-state index contributed by atoms with van der Waals surface area (Å²) in [7, 11) is 0. The maximum atomic E-state index is 11.3. The van der Waals surface area contributed by atoms with E-state index in [0.717, 1.165) is 11.3 Å². The van der Waals surface area contributed by atoms with Crippen LogP contribution in [0.2, 0.25) is 0 Å². The second kappa shape index (κ2) is 7.11. The number of amides is 1. The summed E-state index contributed by atoms with van der Waals surface area (Å²) in [6, 6.07) is 6.58. The van der Waals surface area contributed by atoms with Crippen molar-refractivity contribution in [2.75, 3.05) is 6.54 Å². The van der Waals surface area contributed by atoms with Gasteiger partial charge in [0.25, 0.3) is 0 Å². The van der Waals surface area contributed by atoms with E-state index >= 15 is 0 Å². The first-order valence-corrected chi connectivity index (χ1v) is 6.38. The zero-order valence-electron chi connectivity index (χ0n) is 11.6. The molecule has 1 aromatic carbocycles. The molecule has 5 heteroatoms. The Morgan fingerprint density at radius 2 is 1.89 bits per heavy atom. The molecule has 1 aromatic rings. The fourth-order valence-corrected chi connectivity index (χ4v) is 1.52. The molecule has 0 heterocycles. The number of hydrogen-bond acceptors (Lipinski definition) is 4. The summed E-state index contributed by atoms with van der Waals surface area (Å²) in [6.45, 7) is 5.64. The standard InChI is InChI=1S/C14H22N2O3/c1-9(2)19-12-6-4-11(5-7-12)13(17)8-16-14(18)10(3)15/h4-7,9-10,13,17H,8,15H2,1-3H3,(H,16,18)/t10-,13?/m0/s1. The smallest absolute Gasteiger partial charge is 0.236 e. The monoisotopic (exact) mass is 266 g/mol. The lowest BCUT2D eigenvalue weighted by molar-refractivity contribution is -0.122. The molecule has 1 rings (SSSR count). The molecule has 2 atom stereocenters. The highest BCUT2D eigenvalue weighted by Crippen LogP contribution is 2.18. The van der Waals surface area contributed by atoms with Gasteiger partial charge in [-0.1, -0.05) is 12.1 Å². The second-order valence-corrected chi connectivity index (χ2v) is 4.79. The van der Waals surface area contributed by atoms with Gasteiger partial charge in [-0.05, 0) is 38.5 Å². The summed E-state index contributed by atoms with van der Waals surface area (Å²) in [6.07, 6.45) is -0.642. The van der Waals surface area contributed by atoms with Crippen molar-refractivity contribution in [2.24, 2.45) is 5.73 Å². The molecule has 106 valence electrons. The number of aliphatic hydroxyl groups is 1. The van der Waals surface area contributed by atoms with Crippen molar-refractivity contribution in [1.29, 1.82) is 0 Å². The molecule has 0 fully saturated rings. The highest BCUT2D eigenvalue weighted by Gasteiger charge is 2.12. The van der Waals surface area contributed by atoms with Gasteiger partial charge in [0.15, 0.2) is 0 Å². The minimum Gasteiger partial charge on any atom is -0.491 e. The lowest BCUT2D eigenvalue weighted by Crippen LogP contribution is -2.40. The van der Waals surface area contributed by atoms with Crippen molar-refractivity contribution >= 4 is 5.91 Å². The van der Waals surface area contributed by atoms with Gasteiger partial charge in [0.1, 0.15) is 5.75 Å². The highest BCUT2D eigenvalue weighted by atomic mass is 16.5. The maximum Gasteiger partial charge on any atom is 0.236 e. The van der Waals surface area contributed by atoms with Crippen LogP contribution in [0.25, 0.3) is 0 Å². The largest absolute Gasteiger partial charge is 0.491 e. The summed E-state index contributed by atoms with van der Waals surface area (Å²) in [4.78, 5) is 11.3. The van der Waals surface area contributed by atoms with Crippen LogP contribution in [-0.2, 0) is 4.79 Å². The average Bonchev–Trinajstić information content (AvgIpc) is 2.35. The Morgan fingerprint density at radius 1 is 1.32 bits per heavy atom. The van der Waals surface area contributed by atoms with Gasteiger partial charge >= 0.3 is 0 Å². The van der Waals surface area contributed by atoms with E-state index in [2.05, 4.69) is 5.32 Å². The summed E-state index contributed by atoms with van der Waals surface area (Å²) in [5, 5.41) is 12.5. The third kappa shape index (κ3) is 5.28. The van der Waals surface area contributed by atoms with Crippen molar-refractivity contribution in [3.8, 4) is 5.75 Å². The van der Waals surface area contributed by atoms with Crippen LogP contribution in [0.4, 0.5) is 0 Å². The molecule has 0 bridgehead atoms. The number of ether oxygens (including phenoxy) is 1. The van der Waals surface area contributed by atoms with E-state index in [-0.39, 0.29) is 18.6 Å². The van der Waals surface area contributed by atoms with Crippen molar-refractivity contribution in [1.82, 2.24) is 5.32 Å². The molecule has 0 aromatic heterocycles. The number of aliphatic hydroxyl groups excluding tert-OH is 1. The van der Waals surface area contributed by atoms with Gasteiger partial charge in [-0.2, -0.15) is 0 Å². The summed E-state index contributed by atoms with van der Waals surface area (Å²) in [5.74, 6) is 0.476. The predicted molar refractivity (Wildman–Crippen MR) is 73.8 cm³/mol. The molecule has 5 nitrogen and oxygen atoms in total. The zero-order valence-corrected chi connectivity index (χ0v) is 11.6. The van der Waals surface area contributed by atoms with Crippen molar-refractivity contribution in [3.05, 3.63) is 29.8 Å². The first-order chi connectivity index (χ1) is 8.90. The lowest BCUT2D eigenvalue weighted by Gasteiger charge is -2.15. The Labute approximate surface area is 113 Å². The van der Waals surface area contributed by atoms with Crippen LogP contribution in [0.1, 0.15) is 32.4 Å². The van der Waals surface area contributed by atoms with Gasteiger partial charge in [0.2, 0.25) is 5.91 Å². The van der Waals surface area contributed by atoms with Crippen LogP contribution < -0.4 is 15.8 Å². The van der Waals surface area contributed by atoms with E-state index in [9.17, 15) is 9.90 Å². The van der Waals surface area contributed by atoms with Gasteiger partial charge in [0.05, 0.1) is 18.2 Å². The molecular formula is C14H22N2O3. The second-order valence-electron chi connectivity index (χ2n) is 4.79. The highest BCUT2D eigenvalue weighted by molar-refractivity contribution is 5.80. The molecule has 0 aliphatic heterocycles. The van der Waals surface area contributed by atoms with E-state index < -0.39 is 12.1 Å². The summed E-state index contributed by atoms with van der Waals surface area (Å²) in [5.41, 5.74) is 6.14. The molecule has 1 amide bonds. The van der Waals surface area contributed by atoms with E-state index in [0.29, 0.717) is 0 Å². The quantitative estimate of drug-likeness (QED) is 0.716.